The highest BCUT2D eigenvalue weighted by molar-refractivity contribution is 5.73. The summed E-state index contributed by atoms with van der Waals surface area (Å²) in [6, 6.07) is 0. The Kier molecular flexibility index (Phi) is 7.25. The Bertz CT molecular complexity index is 352. The first-order valence-electron chi connectivity index (χ1n) is 6.41. The molecular weight excluding hydrogens is 284 g/mol. The summed E-state index contributed by atoms with van der Waals surface area (Å²) in [5.41, 5.74) is -1.57. The standard InChI is InChI=1S/C13H24O8/c1-12(2,3)20-18-8(7-9(14)15)10(11(16)17)19-21-13(4,5)6/h8,10H,7H2,1-6H3,(H,14,15)(H,16,17)/p-2. The van der Waals surface area contributed by atoms with Crippen molar-refractivity contribution < 1.29 is 39.4 Å². The van der Waals surface area contributed by atoms with Crippen LogP contribution in [0.15, 0.2) is 0 Å². The Hall–Kier alpha value is -1.22. The molecule has 0 bridgehead atoms. The number of carbonyl (C=O) groups is 2. The number of carboxylic acids is 2. The molecule has 0 spiro atoms. The van der Waals surface area contributed by atoms with Gasteiger partial charge in [-0.25, -0.2) is 19.6 Å². The summed E-state index contributed by atoms with van der Waals surface area (Å²) in [6.45, 7) is 9.80. The van der Waals surface area contributed by atoms with E-state index < -0.39 is 41.8 Å². The Morgan fingerprint density at radius 2 is 1.33 bits per heavy atom. The molecule has 21 heavy (non-hydrogen) atoms. The first kappa shape index (κ1) is 19.8. The summed E-state index contributed by atoms with van der Waals surface area (Å²) in [4.78, 5) is 41.2. The van der Waals surface area contributed by atoms with Crippen molar-refractivity contribution >= 4 is 11.9 Å². The average molecular weight is 306 g/mol. The van der Waals surface area contributed by atoms with Crippen molar-refractivity contribution in [1.82, 2.24) is 0 Å². The minimum Gasteiger partial charge on any atom is -0.550 e. The second kappa shape index (κ2) is 7.69. The van der Waals surface area contributed by atoms with E-state index in [9.17, 15) is 19.8 Å². The zero-order valence-corrected chi connectivity index (χ0v) is 13.1. The molecule has 0 aliphatic carbocycles. The molecule has 8 nitrogen and oxygen atoms in total. The molecule has 0 N–H and O–H groups in total. The lowest BCUT2D eigenvalue weighted by molar-refractivity contribution is -0.439. The summed E-state index contributed by atoms with van der Waals surface area (Å²) in [5.74, 6) is -3.22. The second-order valence-electron chi connectivity index (χ2n) is 6.44. The van der Waals surface area contributed by atoms with Gasteiger partial charge in [0.25, 0.3) is 0 Å². The Labute approximate surface area is 123 Å². The van der Waals surface area contributed by atoms with E-state index in [0.29, 0.717) is 0 Å². The zero-order valence-electron chi connectivity index (χ0n) is 13.1. The van der Waals surface area contributed by atoms with Gasteiger partial charge in [0.05, 0.1) is 17.2 Å². The molecule has 0 radical (unpaired) electrons. The van der Waals surface area contributed by atoms with E-state index in [1.807, 2.05) is 0 Å². The van der Waals surface area contributed by atoms with E-state index in [-0.39, 0.29) is 0 Å². The fraction of sp³-hybridized carbons (Fsp3) is 0.846. The van der Waals surface area contributed by atoms with Crippen LogP contribution in [0.1, 0.15) is 48.0 Å². The summed E-state index contributed by atoms with van der Waals surface area (Å²) < 4.78 is 0. The average Bonchev–Trinajstić information content (AvgIpc) is 2.21. The van der Waals surface area contributed by atoms with Crippen LogP contribution in [0.2, 0.25) is 0 Å². The van der Waals surface area contributed by atoms with Gasteiger partial charge in [0.1, 0.15) is 6.10 Å². The highest BCUT2D eigenvalue weighted by Gasteiger charge is 2.30. The first-order chi connectivity index (χ1) is 9.32. The van der Waals surface area contributed by atoms with E-state index >= 15 is 0 Å². The predicted molar refractivity (Wildman–Crippen MR) is 66.1 cm³/mol. The predicted octanol–water partition coefficient (Wildman–Crippen LogP) is -0.893. The van der Waals surface area contributed by atoms with Crippen LogP contribution in [0, 0.1) is 0 Å². The van der Waals surface area contributed by atoms with Gasteiger partial charge in [0.15, 0.2) is 6.10 Å². The maximum absolute atomic E-state index is 11.1. The molecule has 0 aliphatic heterocycles. The van der Waals surface area contributed by atoms with Gasteiger partial charge in [-0.15, -0.1) is 0 Å². The van der Waals surface area contributed by atoms with Crippen molar-refractivity contribution in [2.45, 2.75) is 71.4 Å². The number of aliphatic carboxylic acids is 2. The lowest BCUT2D eigenvalue weighted by Crippen LogP contribution is -2.49. The van der Waals surface area contributed by atoms with Crippen molar-refractivity contribution in [2.75, 3.05) is 0 Å². The lowest BCUT2D eigenvalue weighted by Gasteiger charge is -2.31. The van der Waals surface area contributed by atoms with Crippen LogP contribution >= 0.6 is 0 Å². The smallest absolute Gasteiger partial charge is 0.162 e. The van der Waals surface area contributed by atoms with Gasteiger partial charge < -0.3 is 19.8 Å². The third-order valence-corrected chi connectivity index (χ3v) is 1.76. The van der Waals surface area contributed by atoms with E-state index in [0.717, 1.165) is 0 Å². The lowest BCUT2D eigenvalue weighted by atomic mass is 10.1. The number of carboxylic acid groups (broad SMARTS) is 2. The molecule has 0 amide bonds. The van der Waals surface area contributed by atoms with Gasteiger partial charge in [-0.1, -0.05) is 0 Å². The zero-order chi connectivity index (χ0) is 16.8. The third kappa shape index (κ3) is 10.2. The highest BCUT2D eigenvalue weighted by Crippen LogP contribution is 2.17. The van der Waals surface area contributed by atoms with Gasteiger partial charge in [0.2, 0.25) is 0 Å². The summed E-state index contributed by atoms with van der Waals surface area (Å²) in [5, 5.41) is 21.8. The topological polar surface area (TPSA) is 117 Å². The van der Waals surface area contributed by atoms with Crippen molar-refractivity contribution in [3.63, 3.8) is 0 Å². The monoisotopic (exact) mass is 306 g/mol. The second-order valence-corrected chi connectivity index (χ2v) is 6.44. The maximum atomic E-state index is 11.1. The number of hydrogen-bond acceptors (Lipinski definition) is 8. The summed E-state index contributed by atoms with van der Waals surface area (Å²) in [7, 11) is 0. The van der Waals surface area contributed by atoms with Gasteiger partial charge in [-0.05, 0) is 41.5 Å². The van der Waals surface area contributed by atoms with E-state index in [4.69, 9.17) is 19.6 Å². The molecule has 0 saturated carbocycles. The summed E-state index contributed by atoms with van der Waals surface area (Å²) >= 11 is 0. The molecule has 0 heterocycles. The minimum absolute atomic E-state index is 0.762. The molecule has 0 aromatic carbocycles. The molecule has 0 aromatic rings. The van der Waals surface area contributed by atoms with Gasteiger partial charge >= 0.3 is 0 Å². The molecule has 8 heteroatoms. The van der Waals surface area contributed by atoms with E-state index in [1.54, 1.807) is 41.5 Å². The number of hydrogen-bond donors (Lipinski definition) is 0. The molecule has 0 fully saturated rings. The quantitative estimate of drug-likeness (QED) is 0.418. The van der Waals surface area contributed by atoms with Crippen LogP contribution in [0.4, 0.5) is 0 Å². The van der Waals surface area contributed by atoms with Crippen molar-refractivity contribution in [3.8, 4) is 0 Å². The number of carbonyl (C=O) groups excluding carboxylic acids is 2. The Balaban J connectivity index is 4.93. The summed E-state index contributed by atoms with van der Waals surface area (Å²) in [6.07, 6.45) is -4.03. The fourth-order valence-electron chi connectivity index (χ4n) is 1.01. The highest BCUT2D eigenvalue weighted by atomic mass is 17.2. The molecule has 2 atom stereocenters. The molecule has 2 unspecified atom stereocenters. The van der Waals surface area contributed by atoms with Crippen LogP contribution < -0.4 is 10.2 Å². The van der Waals surface area contributed by atoms with E-state index in [2.05, 4.69) is 0 Å². The molecule has 0 rings (SSSR count). The van der Waals surface area contributed by atoms with Crippen LogP contribution in [-0.4, -0.2) is 35.3 Å². The van der Waals surface area contributed by atoms with Crippen LogP contribution in [0.5, 0.6) is 0 Å². The van der Waals surface area contributed by atoms with Crippen LogP contribution in [0.3, 0.4) is 0 Å². The van der Waals surface area contributed by atoms with Crippen LogP contribution in [0.25, 0.3) is 0 Å². The molecule has 0 saturated heterocycles. The largest absolute Gasteiger partial charge is 0.550 e. The van der Waals surface area contributed by atoms with Crippen molar-refractivity contribution in [3.05, 3.63) is 0 Å². The Morgan fingerprint density at radius 3 is 1.67 bits per heavy atom. The maximum Gasteiger partial charge on any atom is 0.162 e. The Morgan fingerprint density at radius 1 is 0.905 bits per heavy atom. The first-order valence-corrected chi connectivity index (χ1v) is 6.41. The SMILES string of the molecule is CC(C)(C)OOC(CC(=O)[O-])C(OOC(C)(C)C)C(=O)[O-]. The van der Waals surface area contributed by atoms with Crippen molar-refractivity contribution in [1.29, 1.82) is 0 Å². The fourth-order valence-corrected chi connectivity index (χ4v) is 1.01. The molecule has 124 valence electrons. The van der Waals surface area contributed by atoms with Gasteiger partial charge in [0, 0.05) is 12.4 Å². The molecule has 0 aromatic heterocycles. The number of rotatable bonds is 8. The third-order valence-electron chi connectivity index (χ3n) is 1.76. The normalized spacial score (nSPS) is 15.5. The van der Waals surface area contributed by atoms with Gasteiger partial charge in [-0.2, -0.15) is 0 Å². The minimum atomic E-state index is -1.79. The van der Waals surface area contributed by atoms with E-state index in [1.165, 1.54) is 0 Å². The van der Waals surface area contributed by atoms with Crippen molar-refractivity contribution in [2.24, 2.45) is 0 Å². The van der Waals surface area contributed by atoms with Crippen LogP contribution in [-0.2, 0) is 29.1 Å². The van der Waals surface area contributed by atoms with Gasteiger partial charge in [-0.3, -0.25) is 0 Å². The molecular formula is C13H22O8-2. The molecule has 0 aliphatic rings.